The third-order valence-corrected chi connectivity index (χ3v) is 7.36. The molecule has 0 unspecified atom stereocenters. The Balaban J connectivity index is 1.67. The number of amides is 1. The number of ether oxygens (including phenoxy) is 1. The fourth-order valence-corrected chi connectivity index (χ4v) is 4.73. The van der Waals surface area contributed by atoms with Gasteiger partial charge in [0.25, 0.3) is 5.91 Å². The van der Waals surface area contributed by atoms with Crippen molar-refractivity contribution < 1.29 is 27.7 Å². The molecule has 3 aromatic rings. The molecule has 3 rings (SSSR count). The third kappa shape index (κ3) is 6.14. The van der Waals surface area contributed by atoms with Crippen LogP contribution in [-0.2, 0) is 26.1 Å². The summed E-state index contributed by atoms with van der Waals surface area (Å²) in [7, 11) is -2.56. The highest BCUT2D eigenvalue weighted by atomic mass is 35.5. The number of benzene rings is 2. The van der Waals surface area contributed by atoms with Crippen molar-refractivity contribution in [2.45, 2.75) is 11.4 Å². The first-order valence-electron chi connectivity index (χ1n) is 9.45. The molecule has 0 aliphatic carbocycles. The molecular formula is C20H17ClN4O7S2. The lowest BCUT2D eigenvalue weighted by atomic mass is 10.2. The number of carbonyl (C=O) groups excluding carboxylic acids is 2. The van der Waals surface area contributed by atoms with E-state index in [2.05, 4.69) is 10.3 Å². The van der Waals surface area contributed by atoms with Gasteiger partial charge in [-0.3, -0.25) is 20.2 Å². The van der Waals surface area contributed by atoms with Crippen LogP contribution in [0.15, 0.2) is 59.6 Å². The molecule has 0 saturated carbocycles. The van der Waals surface area contributed by atoms with E-state index in [1.807, 2.05) is 6.07 Å². The number of halogens is 1. The molecule has 11 nitrogen and oxygen atoms in total. The van der Waals surface area contributed by atoms with Crippen molar-refractivity contribution >= 4 is 55.0 Å². The second-order valence-electron chi connectivity index (χ2n) is 6.77. The molecule has 1 amide bonds. The summed E-state index contributed by atoms with van der Waals surface area (Å²) in [6.07, 6.45) is 0.979. The first kappa shape index (κ1) is 25.2. The molecule has 0 bridgehead atoms. The van der Waals surface area contributed by atoms with Gasteiger partial charge in [-0.1, -0.05) is 41.9 Å². The van der Waals surface area contributed by atoms with E-state index >= 15 is 0 Å². The number of thiazole rings is 1. The first-order valence-corrected chi connectivity index (χ1v) is 12.1. The summed E-state index contributed by atoms with van der Waals surface area (Å²) in [5.74, 6) is -1.81. The third-order valence-electron chi connectivity index (χ3n) is 4.37. The molecule has 34 heavy (non-hydrogen) atoms. The number of aromatic nitrogens is 1. The average molecular weight is 525 g/mol. The molecule has 0 aliphatic rings. The van der Waals surface area contributed by atoms with Crippen LogP contribution in [0.4, 0.5) is 10.1 Å². The minimum Gasteiger partial charge on any atom is -0.452 e. The average Bonchev–Trinajstić information content (AvgIpc) is 3.27. The van der Waals surface area contributed by atoms with E-state index in [0.29, 0.717) is 11.3 Å². The monoisotopic (exact) mass is 524 g/mol. The molecule has 178 valence electrons. The van der Waals surface area contributed by atoms with E-state index in [9.17, 15) is 28.1 Å². The topological polar surface area (TPSA) is 149 Å². The van der Waals surface area contributed by atoms with Crippen molar-refractivity contribution in [1.29, 1.82) is 0 Å². The van der Waals surface area contributed by atoms with E-state index in [1.165, 1.54) is 19.2 Å². The van der Waals surface area contributed by atoms with Crippen LogP contribution in [0.3, 0.4) is 0 Å². The molecule has 14 heteroatoms. The van der Waals surface area contributed by atoms with Gasteiger partial charge in [-0.25, -0.2) is 18.2 Å². The highest BCUT2D eigenvalue weighted by Crippen LogP contribution is 2.26. The number of nitro groups is 1. The number of hydrogen-bond donors (Lipinski definition) is 1. The van der Waals surface area contributed by atoms with E-state index in [0.717, 1.165) is 22.1 Å². The molecule has 1 N–H and O–H groups in total. The number of nitrogens with one attached hydrogen (secondary N) is 1. The quantitative estimate of drug-likeness (QED) is 0.254. The van der Waals surface area contributed by atoms with Crippen LogP contribution in [0.25, 0.3) is 0 Å². The van der Waals surface area contributed by atoms with Crippen LogP contribution in [0.2, 0.25) is 5.02 Å². The van der Waals surface area contributed by atoms with Gasteiger partial charge >= 0.3 is 11.0 Å². The molecule has 0 fully saturated rings. The van der Waals surface area contributed by atoms with Crippen LogP contribution >= 0.6 is 22.9 Å². The van der Waals surface area contributed by atoms with Gasteiger partial charge < -0.3 is 4.74 Å². The number of hydrogen-bond acceptors (Lipinski definition) is 9. The molecule has 2 aromatic carbocycles. The second kappa shape index (κ2) is 10.7. The number of nitrogens with zero attached hydrogens (tertiary/aromatic N) is 3. The van der Waals surface area contributed by atoms with Crippen molar-refractivity contribution in [3.63, 3.8) is 0 Å². The van der Waals surface area contributed by atoms with Crippen LogP contribution in [0.1, 0.15) is 15.9 Å². The fourth-order valence-electron chi connectivity index (χ4n) is 2.70. The highest BCUT2D eigenvalue weighted by molar-refractivity contribution is 7.89. The Labute approximate surface area is 203 Å². The van der Waals surface area contributed by atoms with Crippen molar-refractivity contribution in [3.05, 3.63) is 81.0 Å². The molecule has 0 spiro atoms. The maximum atomic E-state index is 13.0. The molecule has 0 atom stereocenters. The van der Waals surface area contributed by atoms with Crippen molar-refractivity contribution in [2.75, 3.05) is 19.0 Å². The van der Waals surface area contributed by atoms with Gasteiger partial charge in [-0.05, 0) is 35.1 Å². The zero-order chi connectivity index (χ0) is 24.9. The van der Waals surface area contributed by atoms with E-state index in [-0.39, 0.29) is 32.2 Å². The Morgan fingerprint density at radius 2 is 1.94 bits per heavy atom. The standard InChI is InChI=1S/C20H17ClN4O7S2/c1-24(11-13-5-3-2-4-6-13)34(30,31)14-7-8-16(21)15(9-14)19(27)32-12-17(26)23-20-22-10-18(33-20)25(28)29/h2-10H,11-12H2,1H3,(H,22,23,26). The highest BCUT2D eigenvalue weighted by Gasteiger charge is 2.24. The number of sulfonamides is 1. The summed E-state index contributed by atoms with van der Waals surface area (Å²) < 4.78 is 32.0. The largest absolute Gasteiger partial charge is 0.452 e. The summed E-state index contributed by atoms with van der Waals surface area (Å²) in [6.45, 7) is -0.631. The Hall–Kier alpha value is -3.39. The zero-order valence-corrected chi connectivity index (χ0v) is 19.9. The summed E-state index contributed by atoms with van der Waals surface area (Å²) in [5, 5.41) is 12.6. The van der Waals surface area contributed by atoms with Gasteiger partial charge in [-0.2, -0.15) is 4.31 Å². The summed E-state index contributed by atoms with van der Waals surface area (Å²) in [4.78, 5) is 37.9. The zero-order valence-electron chi connectivity index (χ0n) is 17.5. The number of anilines is 1. The second-order valence-corrected chi connectivity index (χ2v) is 10.2. The number of rotatable bonds is 9. The molecule has 0 radical (unpaired) electrons. The van der Waals surface area contributed by atoms with E-state index < -0.39 is 33.4 Å². The van der Waals surface area contributed by atoms with Crippen LogP contribution in [0.5, 0.6) is 0 Å². The molecule has 0 aliphatic heterocycles. The summed E-state index contributed by atoms with van der Waals surface area (Å²) in [5.41, 5.74) is 0.535. The van der Waals surface area contributed by atoms with E-state index in [4.69, 9.17) is 16.3 Å². The normalized spacial score (nSPS) is 11.3. The van der Waals surface area contributed by atoms with Crippen LogP contribution in [-0.4, -0.2) is 48.2 Å². The maximum absolute atomic E-state index is 13.0. The van der Waals surface area contributed by atoms with Gasteiger partial charge in [0.1, 0.15) is 6.20 Å². The Bertz CT molecular complexity index is 1330. The van der Waals surface area contributed by atoms with Crippen molar-refractivity contribution in [1.82, 2.24) is 9.29 Å². The molecule has 0 saturated heterocycles. The number of carbonyl (C=O) groups is 2. The molecule has 1 heterocycles. The van der Waals surface area contributed by atoms with Gasteiger partial charge in [-0.15, -0.1) is 0 Å². The van der Waals surface area contributed by atoms with Gasteiger partial charge in [0.2, 0.25) is 10.0 Å². The smallest absolute Gasteiger partial charge is 0.345 e. The summed E-state index contributed by atoms with van der Waals surface area (Å²) >= 11 is 6.68. The Kier molecular flexibility index (Phi) is 7.94. The molecular weight excluding hydrogens is 508 g/mol. The maximum Gasteiger partial charge on any atom is 0.345 e. The Morgan fingerprint density at radius 3 is 2.59 bits per heavy atom. The fraction of sp³-hybridized carbons (Fsp3) is 0.150. The lowest BCUT2D eigenvalue weighted by Gasteiger charge is -2.18. The van der Waals surface area contributed by atoms with Crippen molar-refractivity contribution in [2.24, 2.45) is 0 Å². The van der Waals surface area contributed by atoms with Gasteiger partial charge in [0.05, 0.1) is 20.4 Å². The minimum atomic E-state index is -3.96. The predicted octanol–water partition coefficient (Wildman–Crippen LogP) is 3.32. The van der Waals surface area contributed by atoms with Gasteiger partial charge in [0, 0.05) is 13.6 Å². The first-order chi connectivity index (χ1) is 16.1. The van der Waals surface area contributed by atoms with Crippen LogP contribution in [0, 0.1) is 10.1 Å². The minimum absolute atomic E-state index is 0.0414. The SMILES string of the molecule is CN(Cc1ccccc1)S(=O)(=O)c1ccc(Cl)c(C(=O)OCC(=O)Nc2ncc([N+](=O)[O-])s2)c1. The summed E-state index contributed by atoms with van der Waals surface area (Å²) in [6, 6.07) is 12.5. The molecule has 1 aromatic heterocycles. The lowest BCUT2D eigenvalue weighted by molar-refractivity contribution is -0.380. The van der Waals surface area contributed by atoms with E-state index in [1.54, 1.807) is 24.3 Å². The van der Waals surface area contributed by atoms with Crippen molar-refractivity contribution in [3.8, 4) is 0 Å². The predicted molar refractivity (Wildman–Crippen MR) is 124 cm³/mol. The van der Waals surface area contributed by atoms with Gasteiger partial charge in [0.15, 0.2) is 11.7 Å². The van der Waals surface area contributed by atoms with Crippen LogP contribution < -0.4 is 5.32 Å². The number of esters is 1. The Morgan fingerprint density at radius 1 is 1.24 bits per heavy atom. The lowest BCUT2D eigenvalue weighted by Crippen LogP contribution is -2.27.